The molecule has 1 saturated heterocycles. The van der Waals surface area contributed by atoms with E-state index in [0.29, 0.717) is 54.7 Å². The number of alkyl halides is 1. The van der Waals surface area contributed by atoms with Gasteiger partial charge in [-0.3, -0.25) is 9.69 Å². The van der Waals surface area contributed by atoms with E-state index < -0.39 is 12.5 Å². The fourth-order valence-corrected chi connectivity index (χ4v) is 4.40. The molecule has 1 amide bonds. The Morgan fingerprint density at radius 1 is 1.28 bits per heavy atom. The smallest absolute Gasteiger partial charge is 0.258 e. The lowest BCUT2D eigenvalue weighted by Gasteiger charge is -2.38. The number of amides is 1. The Morgan fingerprint density at radius 3 is 2.81 bits per heavy atom. The van der Waals surface area contributed by atoms with Crippen LogP contribution >= 0.6 is 11.6 Å². The van der Waals surface area contributed by atoms with Crippen molar-refractivity contribution in [3.05, 3.63) is 57.2 Å². The van der Waals surface area contributed by atoms with Crippen LogP contribution in [-0.2, 0) is 13.1 Å². The Labute approximate surface area is 188 Å². The van der Waals surface area contributed by atoms with Crippen LogP contribution in [0.2, 0.25) is 5.02 Å². The summed E-state index contributed by atoms with van der Waals surface area (Å²) in [5.41, 5.74) is 4.14. The normalized spacial score (nSPS) is 16.5. The Hall–Kier alpha value is -2.78. The van der Waals surface area contributed by atoms with E-state index in [1.165, 1.54) is 18.2 Å². The highest BCUT2D eigenvalue weighted by molar-refractivity contribution is 6.31. The summed E-state index contributed by atoms with van der Waals surface area (Å²) in [5.74, 6) is -0.542. The van der Waals surface area contributed by atoms with Crippen molar-refractivity contribution in [3.63, 3.8) is 0 Å². The highest BCUT2D eigenvalue weighted by Crippen LogP contribution is 2.32. The van der Waals surface area contributed by atoms with E-state index in [1.54, 1.807) is 9.42 Å². The van der Waals surface area contributed by atoms with Crippen LogP contribution < -0.4 is 4.74 Å². The third kappa shape index (κ3) is 3.49. The van der Waals surface area contributed by atoms with Crippen molar-refractivity contribution in [3.8, 4) is 5.75 Å². The molecule has 32 heavy (non-hydrogen) atoms. The molecule has 0 aliphatic carbocycles. The van der Waals surface area contributed by atoms with E-state index in [2.05, 4.69) is 10.1 Å². The molecule has 2 aliphatic rings. The van der Waals surface area contributed by atoms with Gasteiger partial charge in [-0.05, 0) is 26.0 Å². The van der Waals surface area contributed by atoms with Gasteiger partial charge in [0.2, 0.25) is 0 Å². The minimum Gasteiger partial charge on any atom is -0.487 e. The van der Waals surface area contributed by atoms with Crippen molar-refractivity contribution in [1.29, 1.82) is 0 Å². The summed E-state index contributed by atoms with van der Waals surface area (Å²) >= 11 is 6.30. The van der Waals surface area contributed by atoms with E-state index in [1.807, 2.05) is 18.7 Å². The second kappa shape index (κ2) is 7.97. The highest BCUT2D eigenvalue weighted by atomic mass is 35.5. The Morgan fingerprint density at radius 2 is 2.06 bits per heavy atom. The molecule has 0 atom stereocenters. The number of hydrogen-bond donors (Lipinski definition) is 0. The number of halogens is 3. The number of ether oxygens (including phenoxy) is 1. The predicted molar refractivity (Wildman–Crippen MR) is 114 cm³/mol. The lowest BCUT2D eigenvalue weighted by Crippen LogP contribution is -2.54. The number of rotatable bonds is 5. The van der Waals surface area contributed by atoms with Gasteiger partial charge in [0.05, 0.1) is 40.8 Å². The van der Waals surface area contributed by atoms with Crippen LogP contribution in [0, 0.1) is 19.7 Å². The van der Waals surface area contributed by atoms with Gasteiger partial charge in [0.15, 0.2) is 5.65 Å². The highest BCUT2D eigenvalue weighted by Gasteiger charge is 2.33. The molecule has 0 bridgehead atoms. The summed E-state index contributed by atoms with van der Waals surface area (Å²) < 4.78 is 34.0. The average Bonchev–Trinajstić information content (AvgIpc) is 3.29. The van der Waals surface area contributed by atoms with Gasteiger partial charge in [-0.1, -0.05) is 11.6 Å². The molecule has 1 aromatic carbocycles. The Balaban J connectivity index is 1.38. The maximum Gasteiger partial charge on any atom is 0.258 e. The van der Waals surface area contributed by atoms with Crippen molar-refractivity contribution in [1.82, 2.24) is 24.4 Å². The standard InChI is InChI=1S/C22H22ClF2N5O2/c1-12-20(23)13(2)30-21(26-12)17-10-29(11-18(17)27-30)22(31)16-4-3-14(25)7-19(16)32-15-8-28(9-15)6-5-24/h3-4,7,15H,5-6,8-11H2,1-2H3. The van der Waals surface area contributed by atoms with Crippen LogP contribution in [-0.4, -0.2) is 62.7 Å². The average molecular weight is 462 g/mol. The SMILES string of the molecule is Cc1nc2c3c(nn2c(C)c1Cl)CN(C(=O)c1ccc(F)cc1OC1CN(CCF)C1)C3. The molecule has 2 aromatic heterocycles. The first-order valence-electron chi connectivity index (χ1n) is 10.4. The minimum absolute atomic E-state index is 0.199. The molecule has 5 rings (SSSR count). The molecule has 168 valence electrons. The molecule has 10 heteroatoms. The fourth-order valence-electron chi connectivity index (χ4n) is 4.28. The van der Waals surface area contributed by atoms with Crippen molar-refractivity contribution in [2.45, 2.75) is 33.0 Å². The third-order valence-corrected chi connectivity index (χ3v) is 6.58. The van der Waals surface area contributed by atoms with Crippen LogP contribution in [0.15, 0.2) is 18.2 Å². The summed E-state index contributed by atoms with van der Waals surface area (Å²) in [6.45, 7) is 5.40. The first-order valence-corrected chi connectivity index (χ1v) is 10.8. The van der Waals surface area contributed by atoms with Crippen molar-refractivity contribution in [2.24, 2.45) is 0 Å². The number of hydrogen-bond acceptors (Lipinski definition) is 5. The van der Waals surface area contributed by atoms with Gasteiger partial charge in [-0.25, -0.2) is 18.3 Å². The summed E-state index contributed by atoms with van der Waals surface area (Å²) in [4.78, 5) is 21.4. The Bertz CT molecular complexity index is 1220. The first kappa shape index (κ1) is 21.1. The summed E-state index contributed by atoms with van der Waals surface area (Å²) in [6, 6.07) is 3.92. The van der Waals surface area contributed by atoms with Crippen LogP contribution in [0.5, 0.6) is 5.75 Å². The molecular formula is C22H22ClF2N5O2. The molecule has 1 fully saturated rings. The quantitative estimate of drug-likeness (QED) is 0.583. The molecule has 0 spiro atoms. The minimum atomic E-state index is -0.481. The molecule has 2 aliphatic heterocycles. The molecule has 7 nitrogen and oxygen atoms in total. The van der Waals surface area contributed by atoms with Crippen molar-refractivity contribution in [2.75, 3.05) is 26.3 Å². The van der Waals surface area contributed by atoms with Crippen LogP contribution in [0.25, 0.3) is 5.65 Å². The van der Waals surface area contributed by atoms with Gasteiger partial charge in [0.25, 0.3) is 5.91 Å². The number of likely N-dealkylation sites (tertiary alicyclic amines) is 1. The number of benzene rings is 1. The number of carbonyl (C=O) groups is 1. The number of aryl methyl sites for hydroxylation is 2. The van der Waals surface area contributed by atoms with Gasteiger partial charge in [0.1, 0.15) is 24.3 Å². The summed E-state index contributed by atoms with van der Waals surface area (Å²) in [7, 11) is 0. The zero-order chi connectivity index (χ0) is 22.6. The third-order valence-electron chi connectivity index (χ3n) is 6.04. The van der Waals surface area contributed by atoms with Crippen molar-refractivity contribution < 1.29 is 18.3 Å². The maximum absolute atomic E-state index is 13.9. The Kier molecular flexibility index (Phi) is 5.25. The molecule has 0 unspecified atom stereocenters. The maximum atomic E-state index is 13.9. The second-order valence-corrected chi connectivity index (χ2v) is 8.63. The van der Waals surface area contributed by atoms with E-state index in [4.69, 9.17) is 16.3 Å². The molecule has 0 saturated carbocycles. The largest absolute Gasteiger partial charge is 0.487 e. The zero-order valence-electron chi connectivity index (χ0n) is 17.7. The molecular weight excluding hydrogens is 440 g/mol. The number of fused-ring (bicyclic) bond motifs is 3. The van der Waals surface area contributed by atoms with Gasteiger partial charge in [0, 0.05) is 31.3 Å². The topological polar surface area (TPSA) is 63.0 Å². The number of nitrogens with zero attached hydrogens (tertiary/aromatic N) is 5. The van der Waals surface area contributed by atoms with Crippen LogP contribution in [0.4, 0.5) is 8.78 Å². The monoisotopic (exact) mass is 461 g/mol. The summed E-state index contributed by atoms with van der Waals surface area (Å²) in [6.07, 6.45) is -0.199. The van der Waals surface area contributed by atoms with Crippen molar-refractivity contribution >= 4 is 23.2 Å². The second-order valence-electron chi connectivity index (χ2n) is 8.25. The van der Waals surface area contributed by atoms with Gasteiger partial charge < -0.3 is 9.64 Å². The molecule has 4 heterocycles. The zero-order valence-corrected chi connectivity index (χ0v) is 18.5. The molecule has 0 N–H and O–H groups in total. The summed E-state index contributed by atoms with van der Waals surface area (Å²) in [5, 5.41) is 5.17. The number of aromatic nitrogens is 3. The first-order chi connectivity index (χ1) is 15.4. The van der Waals surface area contributed by atoms with Gasteiger partial charge in [-0.15, -0.1) is 0 Å². The van der Waals surface area contributed by atoms with E-state index in [9.17, 15) is 13.6 Å². The molecule has 0 radical (unpaired) electrons. The van der Waals surface area contributed by atoms with E-state index in [-0.39, 0.29) is 17.8 Å². The predicted octanol–water partition coefficient (Wildman–Crippen LogP) is 3.33. The van der Waals surface area contributed by atoms with Gasteiger partial charge >= 0.3 is 0 Å². The fraction of sp³-hybridized carbons (Fsp3) is 0.409. The van der Waals surface area contributed by atoms with Crippen LogP contribution in [0.1, 0.15) is 33.0 Å². The lowest BCUT2D eigenvalue weighted by molar-refractivity contribution is 0.0158. The van der Waals surface area contributed by atoms with E-state index in [0.717, 1.165) is 17.0 Å². The van der Waals surface area contributed by atoms with Crippen LogP contribution in [0.3, 0.4) is 0 Å². The lowest BCUT2D eigenvalue weighted by atomic mass is 10.1. The van der Waals surface area contributed by atoms with Gasteiger partial charge in [-0.2, -0.15) is 5.10 Å². The number of carbonyl (C=O) groups excluding carboxylic acids is 1. The van der Waals surface area contributed by atoms with E-state index >= 15 is 0 Å². The molecule has 3 aromatic rings.